The second-order valence-electron chi connectivity index (χ2n) is 4.54. The predicted octanol–water partition coefficient (Wildman–Crippen LogP) is 3.61. The fraction of sp³-hybridized carbons (Fsp3) is 0.125. The summed E-state index contributed by atoms with van der Waals surface area (Å²) in [4.78, 5) is 10.2. The third kappa shape index (κ3) is 2.64. The Balaban J connectivity index is 2.11. The number of hydrogen-bond acceptors (Lipinski definition) is 5. The van der Waals surface area contributed by atoms with Gasteiger partial charge in [-0.05, 0) is 36.6 Å². The van der Waals surface area contributed by atoms with E-state index in [2.05, 4.69) is 22.1 Å². The fourth-order valence-electron chi connectivity index (χ4n) is 2.13. The van der Waals surface area contributed by atoms with Crippen LogP contribution in [0.3, 0.4) is 0 Å². The van der Waals surface area contributed by atoms with Gasteiger partial charge >= 0.3 is 0 Å². The van der Waals surface area contributed by atoms with Gasteiger partial charge in [0.1, 0.15) is 11.6 Å². The van der Waals surface area contributed by atoms with Gasteiger partial charge in [-0.1, -0.05) is 12.1 Å². The fourth-order valence-corrected chi connectivity index (χ4v) is 2.54. The zero-order valence-electron chi connectivity index (χ0n) is 11.8. The molecule has 0 aliphatic carbocycles. The molecule has 0 radical (unpaired) electrons. The van der Waals surface area contributed by atoms with E-state index in [1.165, 1.54) is 4.90 Å². The Morgan fingerprint density at radius 2 is 1.81 bits per heavy atom. The summed E-state index contributed by atoms with van der Waals surface area (Å²) in [6.45, 7) is 0. The van der Waals surface area contributed by atoms with Crippen molar-refractivity contribution in [1.29, 1.82) is 0 Å². The second-order valence-corrected chi connectivity index (χ2v) is 5.42. The van der Waals surface area contributed by atoms with Crippen LogP contribution in [0.5, 0.6) is 5.75 Å². The molecule has 1 aromatic heterocycles. The van der Waals surface area contributed by atoms with Crippen LogP contribution in [0.1, 0.15) is 0 Å². The molecular formula is C16H15N3OS. The van der Waals surface area contributed by atoms with Crippen molar-refractivity contribution in [2.24, 2.45) is 0 Å². The van der Waals surface area contributed by atoms with E-state index in [1.54, 1.807) is 18.9 Å². The SMILES string of the molecule is COc1ccc2nc(-c3ccc(SC)cc3)nc(N)c2c1. The highest BCUT2D eigenvalue weighted by Crippen LogP contribution is 2.27. The second kappa shape index (κ2) is 5.61. The number of nitrogens with two attached hydrogens (primary N) is 1. The van der Waals surface area contributed by atoms with Crippen molar-refractivity contribution in [2.75, 3.05) is 19.1 Å². The lowest BCUT2D eigenvalue weighted by Gasteiger charge is -2.07. The quantitative estimate of drug-likeness (QED) is 0.748. The van der Waals surface area contributed by atoms with E-state index < -0.39 is 0 Å². The molecular weight excluding hydrogens is 282 g/mol. The normalized spacial score (nSPS) is 10.8. The van der Waals surface area contributed by atoms with Crippen LogP contribution in [0, 0.1) is 0 Å². The minimum absolute atomic E-state index is 0.461. The molecule has 3 aromatic rings. The highest BCUT2D eigenvalue weighted by molar-refractivity contribution is 7.98. The molecule has 2 aromatic carbocycles. The predicted molar refractivity (Wildman–Crippen MR) is 87.7 cm³/mol. The van der Waals surface area contributed by atoms with Crippen LogP contribution < -0.4 is 10.5 Å². The van der Waals surface area contributed by atoms with Gasteiger partial charge in [-0.3, -0.25) is 0 Å². The first-order valence-electron chi connectivity index (χ1n) is 6.47. The number of methoxy groups -OCH3 is 1. The van der Waals surface area contributed by atoms with Crippen LogP contribution in [0.2, 0.25) is 0 Å². The smallest absolute Gasteiger partial charge is 0.162 e. The number of hydrogen-bond donors (Lipinski definition) is 1. The number of fused-ring (bicyclic) bond motifs is 1. The van der Waals surface area contributed by atoms with Crippen LogP contribution in [-0.4, -0.2) is 23.3 Å². The summed E-state index contributed by atoms with van der Waals surface area (Å²) in [5.74, 6) is 1.84. The van der Waals surface area contributed by atoms with Gasteiger partial charge in [-0.2, -0.15) is 0 Å². The largest absolute Gasteiger partial charge is 0.497 e. The molecule has 0 aliphatic heterocycles. The van der Waals surface area contributed by atoms with Gasteiger partial charge in [0.25, 0.3) is 0 Å². The number of nitrogens with zero attached hydrogens (tertiary/aromatic N) is 2. The van der Waals surface area contributed by atoms with Crippen LogP contribution in [-0.2, 0) is 0 Å². The van der Waals surface area contributed by atoms with E-state index in [-0.39, 0.29) is 0 Å². The molecule has 0 aliphatic rings. The molecule has 1 heterocycles. The molecule has 3 rings (SSSR count). The molecule has 0 fully saturated rings. The van der Waals surface area contributed by atoms with Crippen LogP contribution in [0.15, 0.2) is 47.4 Å². The van der Waals surface area contributed by atoms with E-state index in [0.29, 0.717) is 11.6 Å². The van der Waals surface area contributed by atoms with Crippen molar-refractivity contribution in [3.05, 3.63) is 42.5 Å². The lowest BCUT2D eigenvalue weighted by molar-refractivity contribution is 0.415. The summed E-state index contributed by atoms with van der Waals surface area (Å²) in [6.07, 6.45) is 2.05. The van der Waals surface area contributed by atoms with Crippen LogP contribution in [0.4, 0.5) is 5.82 Å². The van der Waals surface area contributed by atoms with E-state index in [9.17, 15) is 0 Å². The van der Waals surface area contributed by atoms with Gasteiger partial charge in [-0.25, -0.2) is 9.97 Å². The molecule has 0 unspecified atom stereocenters. The molecule has 0 saturated heterocycles. The maximum absolute atomic E-state index is 6.06. The van der Waals surface area contributed by atoms with Gasteiger partial charge in [0.2, 0.25) is 0 Å². The lowest BCUT2D eigenvalue weighted by Crippen LogP contribution is -1.98. The number of nitrogen functional groups attached to an aromatic ring is 1. The van der Waals surface area contributed by atoms with Crippen molar-refractivity contribution in [3.8, 4) is 17.1 Å². The Kier molecular flexibility index (Phi) is 3.66. The highest BCUT2D eigenvalue weighted by atomic mass is 32.2. The third-order valence-electron chi connectivity index (χ3n) is 3.28. The molecule has 0 spiro atoms. The number of ether oxygens (including phenoxy) is 1. The van der Waals surface area contributed by atoms with E-state index in [4.69, 9.17) is 10.5 Å². The van der Waals surface area contributed by atoms with Crippen molar-refractivity contribution >= 4 is 28.5 Å². The Bertz CT molecular complexity index is 787. The van der Waals surface area contributed by atoms with Crippen molar-refractivity contribution in [2.45, 2.75) is 4.90 Å². The molecule has 4 nitrogen and oxygen atoms in total. The first kappa shape index (κ1) is 13.7. The maximum atomic E-state index is 6.06. The minimum Gasteiger partial charge on any atom is -0.497 e. The molecule has 0 amide bonds. The Hall–Kier alpha value is -2.27. The number of anilines is 1. The number of thioether (sulfide) groups is 1. The summed E-state index contributed by atoms with van der Waals surface area (Å²) in [5, 5.41) is 0.804. The third-order valence-corrected chi connectivity index (χ3v) is 4.02. The zero-order valence-corrected chi connectivity index (χ0v) is 12.6. The number of aromatic nitrogens is 2. The monoisotopic (exact) mass is 297 g/mol. The van der Waals surface area contributed by atoms with Gasteiger partial charge in [0.15, 0.2) is 5.82 Å². The highest BCUT2D eigenvalue weighted by Gasteiger charge is 2.08. The molecule has 0 saturated carbocycles. The lowest BCUT2D eigenvalue weighted by atomic mass is 10.2. The molecule has 21 heavy (non-hydrogen) atoms. The summed E-state index contributed by atoms with van der Waals surface area (Å²) in [6, 6.07) is 13.7. The first-order chi connectivity index (χ1) is 10.2. The minimum atomic E-state index is 0.461. The average Bonchev–Trinajstić information content (AvgIpc) is 2.54. The Labute approximate surface area is 127 Å². The Morgan fingerprint density at radius 3 is 2.48 bits per heavy atom. The number of benzene rings is 2. The van der Waals surface area contributed by atoms with Gasteiger partial charge in [0, 0.05) is 15.8 Å². The number of rotatable bonds is 3. The molecule has 2 N–H and O–H groups in total. The van der Waals surface area contributed by atoms with Crippen LogP contribution in [0.25, 0.3) is 22.3 Å². The van der Waals surface area contributed by atoms with Gasteiger partial charge in [-0.15, -0.1) is 11.8 Å². The molecule has 106 valence electrons. The topological polar surface area (TPSA) is 61.0 Å². The summed E-state index contributed by atoms with van der Waals surface area (Å²) < 4.78 is 5.20. The van der Waals surface area contributed by atoms with Gasteiger partial charge in [0.05, 0.1) is 12.6 Å². The van der Waals surface area contributed by atoms with Gasteiger partial charge < -0.3 is 10.5 Å². The average molecular weight is 297 g/mol. The van der Waals surface area contributed by atoms with Crippen molar-refractivity contribution < 1.29 is 4.74 Å². The zero-order chi connectivity index (χ0) is 14.8. The summed E-state index contributed by atoms with van der Waals surface area (Å²) in [7, 11) is 1.62. The van der Waals surface area contributed by atoms with Crippen LogP contribution >= 0.6 is 11.8 Å². The van der Waals surface area contributed by atoms with Crippen molar-refractivity contribution in [3.63, 3.8) is 0 Å². The summed E-state index contributed by atoms with van der Waals surface area (Å²) in [5.41, 5.74) is 7.83. The maximum Gasteiger partial charge on any atom is 0.162 e. The first-order valence-corrected chi connectivity index (χ1v) is 7.69. The molecule has 0 atom stereocenters. The van der Waals surface area contributed by atoms with E-state index in [1.807, 2.05) is 36.6 Å². The standard InChI is InChI=1S/C16H15N3OS/c1-20-11-5-8-14-13(9-11)15(17)19-16(18-14)10-3-6-12(21-2)7-4-10/h3-9H,1-2H3,(H2,17,18,19). The molecule has 0 bridgehead atoms. The van der Waals surface area contributed by atoms with E-state index >= 15 is 0 Å². The summed E-state index contributed by atoms with van der Waals surface area (Å²) >= 11 is 1.70. The van der Waals surface area contributed by atoms with Crippen molar-refractivity contribution in [1.82, 2.24) is 9.97 Å². The Morgan fingerprint density at radius 1 is 1.05 bits per heavy atom. The molecule has 5 heteroatoms. The van der Waals surface area contributed by atoms with E-state index in [0.717, 1.165) is 22.2 Å².